The summed E-state index contributed by atoms with van der Waals surface area (Å²) in [6.45, 7) is 10.7. The van der Waals surface area contributed by atoms with Crippen LogP contribution in [-0.2, 0) is 0 Å². The Labute approximate surface area is 274 Å². The fourth-order valence-corrected chi connectivity index (χ4v) is 6.61. The molecule has 1 fully saturated rings. The van der Waals surface area contributed by atoms with Gasteiger partial charge in [0.05, 0.1) is 5.69 Å². The lowest BCUT2D eigenvalue weighted by molar-refractivity contribution is 0.523. The predicted molar refractivity (Wildman–Crippen MR) is 201 cm³/mol. The van der Waals surface area contributed by atoms with Gasteiger partial charge in [0.15, 0.2) is 0 Å². The van der Waals surface area contributed by atoms with Gasteiger partial charge in [-0.25, -0.2) is 5.43 Å². The van der Waals surface area contributed by atoms with Crippen molar-refractivity contribution in [1.29, 1.82) is 0 Å². The van der Waals surface area contributed by atoms with E-state index in [1.165, 1.54) is 128 Å². The van der Waals surface area contributed by atoms with Crippen LogP contribution in [-0.4, -0.2) is 39.3 Å². The second-order valence-corrected chi connectivity index (χ2v) is 13.0. The Balaban J connectivity index is 0.000000262. The molecule has 0 spiro atoms. The first-order valence-electron chi connectivity index (χ1n) is 18.6. The zero-order chi connectivity index (χ0) is 31.4. The van der Waals surface area contributed by atoms with E-state index in [9.17, 15) is 0 Å². The zero-order valence-corrected chi connectivity index (χ0v) is 28.6. The molecule has 3 N–H and O–H groups in total. The van der Waals surface area contributed by atoms with Crippen LogP contribution in [0.25, 0.3) is 32.3 Å². The summed E-state index contributed by atoms with van der Waals surface area (Å²) in [5.41, 5.74) is 4.96. The third-order valence-electron chi connectivity index (χ3n) is 9.25. The maximum Gasteiger partial charge on any atom is 0.0604 e. The van der Waals surface area contributed by atoms with Crippen molar-refractivity contribution in [2.75, 3.05) is 44.3 Å². The number of nitrogens with one attached hydrogen (secondary N) is 3. The molecule has 0 amide bonds. The van der Waals surface area contributed by atoms with Crippen molar-refractivity contribution in [2.24, 2.45) is 0 Å². The maximum absolute atomic E-state index is 3.69. The Morgan fingerprint density at radius 3 is 1.73 bits per heavy atom. The van der Waals surface area contributed by atoms with E-state index in [0.717, 1.165) is 45.7 Å². The number of fused-ring (bicyclic) bond motifs is 4. The topological polar surface area (TPSA) is 39.3 Å². The van der Waals surface area contributed by atoms with Crippen molar-refractivity contribution >= 4 is 38.0 Å². The smallest absolute Gasteiger partial charge is 0.0604 e. The van der Waals surface area contributed by atoms with Gasteiger partial charge in [-0.2, -0.15) is 0 Å². The van der Waals surface area contributed by atoms with Gasteiger partial charge in [-0.3, -0.25) is 0 Å². The average Bonchev–Trinajstić information content (AvgIpc) is 3.06. The molecule has 0 saturated carbocycles. The lowest BCUT2D eigenvalue weighted by Crippen LogP contribution is -2.44. The highest BCUT2D eigenvalue weighted by atomic mass is 15.5. The third-order valence-corrected chi connectivity index (χ3v) is 9.25. The van der Waals surface area contributed by atoms with E-state index in [4.69, 9.17) is 0 Å². The van der Waals surface area contributed by atoms with E-state index >= 15 is 0 Å². The first kappa shape index (κ1) is 35.2. The molecule has 0 atom stereocenters. The molecule has 1 aliphatic heterocycles. The van der Waals surface area contributed by atoms with E-state index in [1.54, 1.807) is 0 Å². The fraction of sp³-hybridized carbons (Fsp3) is 0.561. The molecule has 0 aromatic heterocycles. The second-order valence-electron chi connectivity index (χ2n) is 13.0. The molecule has 1 saturated heterocycles. The van der Waals surface area contributed by atoms with E-state index in [-0.39, 0.29) is 0 Å². The number of rotatable bonds is 13. The number of hydrazine groups is 1. The zero-order valence-electron chi connectivity index (χ0n) is 28.6. The molecular formula is C41H62N4. The van der Waals surface area contributed by atoms with Gasteiger partial charge < -0.3 is 15.6 Å². The summed E-state index contributed by atoms with van der Waals surface area (Å²) in [6.07, 6.45) is 21.2. The van der Waals surface area contributed by atoms with Gasteiger partial charge in [0, 0.05) is 25.0 Å². The molecule has 4 nitrogen and oxygen atoms in total. The summed E-state index contributed by atoms with van der Waals surface area (Å²) in [5.74, 6) is 0. The summed E-state index contributed by atoms with van der Waals surface area (Å²) in [4.78, 5) is 0. The summed E-state index contributed by atoms with van der Waals surface area (Å²) in [6, 6.07) is 24.5. The van der Waals surface area contributed by atoms with Gasteiger partial charge in [0.25, 0.3) is 0 Å². The molecule has 0 unspecified atom stereocenters. The lowest BCUT2D eigenvalue weighted by Gasteiger charge is -2.28. The van der Waals surface area contributed by atoms with Crippen molar-refractivity contribution in [1.82, 2.24) is 16.1 Å². The quantitative estimate of drug-likeness (QED) is 0.0800. The minimum Gasteiger partial charge on any atom is -0.317 e. The van der Waals surface area contributed by atoms with Crippen molar-refractivity contribution in [3.63, 3.8) is 0 Å². The molecule has 4 aromatic carbocycles. The third kappa shape index (κ3) is 11.9. The molecule has 246 valence electrons. The Bertz CT molecular complexity index is 1340. The van der Waals surface area contributed by atoms with Crippen LogP contribution >= 0.6 is 0 Å². The average molecular weight is 611 g/mol. The van der Waals surface area contributed by atoms with Crippen molar-refractivity contribution < 1.29 is 0 Å². The number of benzene rings is 4. The van der Waals surface area contributed by atoms with Crippen LogP contribution in [0, 0.1) is 0 Å². The molecule has 0 radical (unpaired) electrons. The van der Waals surface area contributed by atoms with Gasteiger partial charge in [-0.15, -0.1) is 0 Å². The largest absolute Gasteiger partial charge is 0.317 e. The van der Waals surface area contributed by atoms with Crippen LogP contribution in [0.2, 0.25) is 0 Å². The molecule has 1 heterocycles. The Kier molecular flexibility index (Phi) is 16.6. The molecule has 0 bridgehead atoms. The van der Waals surface area contributed by atoms with E-state index in [0.29, 0.717) is 0 Å². The van der Waals surface area contributed by atoms with E-state index in [2.05, 4.69) is 102 Å². The molecule has 45 heavy (non-hydrogen) atoms. The predicted octanol–water partition coefficient (Wildman–Crippen LogP) is 10.5. The van der Waals surface area contributed by atoms with Crippen LogP contribution in [0.1, 0.15) is 110 Å². The minimum absolute atomic E-state index is 0.928. The summed E-state index contributed by atoms with van der Waals surface area (Å²) >= 11 is 0. The van der Waals surface area contributed by atoms with Crippen LogP contribution in [0.4, 0.5) is 5.69 Å². The molecule has 4 heteroatoms. The first-order valence-corrected chi connectivity index (χ1v) is 18.6. The highest BCUT2D eigenvalue weighted by Gasteiger charge is 2.13. The number of unbranched alkanes of at least 4 members (excludes halogenated alkanes) is 12. The van der Waals surface area contributed by atoms with Crippen molar-refractivity contribution in [2.45, 2.75) is 110 Å². The molecule has 4 aromatic rings. The molecular weight excluding hydrogens is 548 g/mol. The molecule has 5 rings (SSSR count). The SMILES string of the molecule is CCCCCCCCCCCCCCC.c1ccc2cc3c(ccc4cccc(N5CCCNCCCNCCN5)c43)cc2c1. The highest BCUT2D eigenvalue weighted by molar-refractivity contribution is 6.16. The van der Waals surface area contributed by atoms with Gasteiger partial charge in [0.1, 0.15) is 0 Å². The standard InChI is InChI=1S/C26H30N4.C15H32/c1-2-7-22-19-24-23(18-21(22)6-1)11-10-20-8-3-9-25(26(20)24)30-17-5-14-27-12-4-13-28-15-16-29-30;1-3-5-7-9-11-13-15-14-12-10-8-6-4-2/h1-3,6-11,18-19,27-29H,4-5,12-17H2;3-15H2,1-2H3. The molecule has 1 aliphatic rings. The van der Waals surface area contributed by atoms with Crippen LogP contribution in [0.15, 0.2) is 66.7 Å². The second kappa shape index (κ2) is 21.2. The number of hydrogen-bond acceptors (Lipinski definition) is 4. The van der Waals surface area contributed by atoms with E-state index in [1.807, 2.05) is 0 Å². The Morgan fingerprint density at radius 2 is 1.07 bits per heavy atom. The van der Waals surface area contributed by atoms with Crippen molar-refractivity contribution in [3.8, 4) is 0 Å². The van der Waals surface area contributed by atoms with Gasteiger partial charge in [-0.1, -0.05) is 146 Å². The number of anilines is 1. The van der Waals surface area contributed by atoms with Crippen LogP contribution < -0.4 is 21.1 Å². The lowest BCUT2D eigenvalue weighted by atomic mass is 9.97. The summed E-state index contributed by atoms with van der Waals surface area (Å²) in [5, 5.41) is 17.3. The monoisotopic (exact) mass is 610 g/mol. The van der Waals surface area contributed by atoms with Crippen LogP contribution in [0.5, 0.6) is 0 Å². The molecule has 0 aliphatic carbocycles. The van der Waals surface area contributed by atoms with Gasteiger partial charge >= 0.3 is 0 Å². The summed E-state index contributed by atoms with van der Waals surface area (Å²) in [7, 11) is 0. The van der Waals surface area contributed by atoms with Crippen LogP contribution in [0.3, 0.4) is 0 Å². The highest BCUT2D eigenvalue weighted by Crippen LogP contribution is 2.35. The number of nitrogens with zero attached hydrogens (tertiary/aromatic N) is 1. The number of hydrogen-bond donors (Lipinski definition) is 3. The fourth-order valence-electron chi connectivity index (χ4n) is 6.61. The Hall–Kier alpha value is -2.66. The summed E-state index contributed by atoms with van der Waals surface area (Å²) < 4.78 is 0. The van der Waals surface area contributed by atoms with E-state index < -0.39 is 0 Å². The van der Waals surface area contributed by atoms with Gasteiger partial charge in [0.2, 0.25) is 0 Å². The first-order chi connectivity index (χ1) is 22.3. The van der Waals surface area contributed by atoms with Crippen molar-refractivity contribution in [3.05, 3.63) is 66.7 Å². The normalized spacial score (nSPS) is 15.0. The minimum atomic E-state index is 0.928. The Morgan fingerprint density at radius 1 is 0.511 bits per heavy atom. The maximum atomic E-state index is 3.69. The van der Waals surface area contributed by atoms with Gasteiger partial charge in [-0.05, 0) is 77.6 Å².